The molecule has 0 amide bonds. The fourth-order valence-electron chi connectivity index (χ4n) is 4.06. The van der Waals surface area contributed by atoms with Gasteiger partial charge in [0.2, 0.25) is 0 Å². The van der Waals surface area contributed by atoms with E-state index in [2.05, 4.69) is 11.6 Å². The van der Waals surface area contributed by atoms with Gasteiger partial charge in [0.05, 0.1) is 34.9 Å². The maximum atomic E-state index is 14.2. The summed E-state index contributed by atoms with van der Waals surface area (Å²) in [6, 6.07) is 7.39. The van der Waals surface area contributed by atoms with Gasteiger partial charge in [0.15, 0.2) is 22.0 Å². The van der Waals surface area contributed by atoms with E-state index in [-0.39, 0.29) is 44.6 Å². The third kappa shape index (κ3) is 5.81. The van der Waals surface area contributed by atoms with Crippen LogP contribution < -0.4 is 24.4 Å². The topological polar surface area (TPSA) is 79.1 Å². The summed E-state index contributed by atoms with van der Waals surface area (Å²) < 4.78 is 59.6. The van der Waals surface area contributed by atoms with Gasteiger partial charge in [-0.15, -0.1) is 0 Å². The van der Waals surface area contributed by atoms with E-state index in [4.69, 9.17) is 37.4 Å². The van der Waals surface area contributed by atoms with E-state index in [1.54, 1.807) is 6.07 Å². The van der Waals surface area contributed by atoms with Crippen molar-refractivity contribution in [2.24, 2.45) is 4.99 Å². The summed E-state index contributed by atoms with van der Waals surface area (Å²) in [6.45, 7) is 5.04. The van der Waals surface area contributed by atoms with E-state index in [0.29, 0.717) is 10.6 Å². The number of carbonyl (C=O) groups excluding carboxylic acids is 1. The second kappa shape index (κ2) is 11.9. The highest BCUT2D eigenvalue weighted by Crippen LogP contribution is 2.39. The van der Waals surface area contributed by atoms with Crippen LogP contribution in [0.1, 0.15) is 24.1 Å². The van der Waals surface area contributed by atoms with Gasteiger partial charge in [-0.3, -0.25) is 9.36 Å². The van der Waals surface area contributed by atoms with Crippen molar-refractivity contribution in [2.75, 3.05) is 20.3 Å². The molecule has 7 nitrogen and oxygen atoms in total. The van der Waals surface area contributed by atoms with Crippen LogP contribution in [-0.2, 0) is 9.53 Å². The minimum absolute atomic E-state index is 0.0437. The number of hydrogen-bond acceptors (Lipinski definition) is 7. The molecular formula is C27H21Cl2F3N2O5S. The molecule has 0 bridgehead atoms. The summed E-state index contributed by atoms with van der Waals surface area (Å²) in [5, 5.41) is 0.503. The third-order valence-electron chi connectivity index (χ3n) is 5.68. The average molecular weight is 613 g/mol. The van der Waals surface area contributed by atoms with Gasteiger partial charge in [-0.05, 0) is 48.4 Å². The molecule has 13 heteroatoms. The number of alkyl halides is 3. The van der Waals surface area contributed by atoms with Crippen LogP contribution in [0.5, 0.6) is 11.5 Å². The van der Waals surface area contributed by atoms with Crippen LogP contribution in [0.4, 0.5) is 13.2 Å². The van der Waals surface area contributed by atoms with Crippen LogP contribution >= 0.6 is 34.5 Å². The molecular weight excluding hydrogens is 592 g/mol. The molecule has 3 aromatic rings. The Morgan fingerprint density at radius 2 is 1.93 bits per heavy atom. The molecule has 0 saturated carbocycles. The smallest absolute Gasteiger partial charge is 0.434 e. The number of hydrogen-bond donors (Lipinski definition) is 0. The zero-order valence-electron chi connectivity index (χ0n) is 21.1. The minimum atomic E-state index is -5.01. The second-order valence-electron chi connectivity index (χ2n) is 8.25. The second-order valence-corrected chi connectivity index (χ2v) is 10.1. The van der Waals surface area contributed by atoms with E-state index >= 15 is 0 Å². The van der Waals surface area contributed by atoms with Crippen LogP contribution in [0.15, 0.2) is 70.1 Å². The Balaban J connectivity index is 1.99. The molecule has 0 N–H and O–H groups in total. The number of ether oxygens (including phenoxy) is 3. The lowest BCUT2D eigenvalue weighted by molar-refractivity contribution is -0.140. The van der Waals surface area contributed by atoms with E-state index in [0.717, 1.165) is 15.9 Å². The van der Waals surface area contributed by atoms with E-state index in [9.17, 15) is 22.8 Å². The Labute approximate surface area is 240 Å². The molecule has 1 aromatic heterocycles. The number of rotatable bonds is 8. The Bertz CT molecular complexity index is 1680. The summed E-state index contributed by atoms with van der Waals surface area (Å²) in [7, 11) is 1.41. The summed E-state index contributed by atoms with van der Waals surface area (Å²) >= 11 is 13.1. The van der Waals surface area contributed by atoms with Gasteiger partial charge in [-0.1, -0.05) is 59.3 Å². The molecule has 0 spiro atoms. The molecule has 0 aliphatic carbocycles. The van der Waals surface area contributed by atoms with Crippen molar-refractivity contribution in [1.82, 2.24) is 4.57 Å². The Morgan fingerprint density at radius 1 is 1.23 bits per heavy atom. The fraction of sp³-hybridized carbons (Fsp3) is 0.222. The maximum Gasteiger partial charge on any atom is 0.434 e. The van der Waals surface area contributed by atoms with Crippen molar-refractivity contribution in [3.8, 4) is 11.5 Å². The average Bonchev–Trinajstić information content (AvgIpc) is 3.21. The monoisotopic (exact) mass is 612 g/mol. The minimum Gasteiger partial charge on any atom is -0.493 e. The summed E-state index contributed by atoms with van der Waals surface area (Å²) in [6.07, 6.45) is -2.04. The first-order valence-corrected chi connectivity index (χ1v) is 13.2. The summed E-state index contributed by atoms with van der Waals surface area (Å²) in [4.78, 5) is 30.1. The number of fused-ring (bicyclic) bond motifs is 1. The van der Waals surface area contributed by atoms with Crippen molar-refractivity contribution in [1.29, 1.82) is 0 Å². The van der Waals surface area contributed by atoms with Crippen molar-refractivity contribution >= 4 is 46.6 Å². The number of thiazole rings is 1. The molecule has 40 heavy (non-hydrogen) atoms. The van der Waals surface area contributed by atoms with Crippen molar-refractivity contribution in [3.05, 3.63) is 101 Å². The Morgan fingerprint density at radius 3 is 2.52 bits per heavy atom. The molecule has 2 aromatic carbocycles. The Kier molecular flexibility index (Phi) is 8.77. The molecule has 1 aliphatic rings. The Hall–Kier alpha value is -3.54. The van der Waals surface area contributed by atoms with Gasteiger partial charge < -0.3 is 14.2 Å². The van der Waals surface area contributed by atoms with E-state index in [1.165, 1.54) is 56.5 Å². The number of nitrogens with zero attached hydrogens (tertiary/aromatic N) is 2. The summed E-state index contributed by atoms with van der Waals surface area (Å²) in [5.74, 6) is -0.699. The van der Waals surface area contributed by atoms with Crippen LogP contribution in [0.3, 0.4) is 0 Å². The van der Waals surface area contributed by atoms with Crippen LogP contribution in [0.25, 0.3) is 6.08 Å². The van der Waals surface area contributed by atoms with Gasteiger partial charge in [-0.25, -0.2) is 9.79 Å². The van der Waals surface area contributed by atoms with Crippen LogP contribution in [0, 0.1) is 0 Å². The van der Waals surface area contributed by atoms with Crippen molar-refractivity contribution in [3.63, 3.8) is 0 Å². The van der Waals surface area contributed by atoms with Gasteiger partial charge in [0.1, 0.15) is 6.61 Å². The molecule has 210 valence electrons. The lowest BCUT2D eigenvalue weighted by atomic mass is 9.95. The predicted molar refractivity (Wildman–Crippen MR) is 146 cm³/mol. The molecule has 0 fully saturated rings. The number of aromatic nitrogens is 1. The largest absolute Gasteiger partial charge is 0.493 e. The highest BCUT2D eigenvalue weighted by atomic mass is 35.5. The first-order valence-electron chi connectivity index (χ1n) is 11.7. The van der Waals surface area contributed by atoms with Gasteiger partial charge in [0, 0.05) is 5.02 Å². The number of carbonyl (C=O) groups is 1. The molecule has 4 rings (SSSR count). The van der Waals surface area contributed by atoms with Crippen LogP contribution in [0.2, 0.25) is 10.0 Å². The molecule has 2 heterocycles. The van der Waals surface area contributed by atoms with Gasteiger partial charge in [0.25, 0.3) is 5.56 Å². The summed E-state index contributed by atoms with van der Waals surface area (Å²) in [5.41, 5.74) is -2.28. The number of halogens is 5. The lowest BCUT2D eigenvalue weighted by Crippen LogP contribution is -2.41. The predicted octanol–water partition coefficient (Wildman–Crippen LogP) is 5.22. The number of allylic oxidation sites excluding steroid dienone is 1. The molecule has 0 radical (unpaired) electrons. The van der Waals surface area contributed by atoms with E-state index < -0.39 is 35.0 Å². The maximum absolute atomic E-state index is 14.2. The SMILES string of the molecule is C=CCOc1c(Cl)cc(/C=c2\sc3n(c2=O)[C@@H](c2ccc(Cl)cc2)C(C(=O)OCC)=C(C(F)(F)F)N=3)cc1OC. The highest BCUT2D eigenvalue weighted by molar-refractivity contribution is 7.07. The highest BCUT2D eigenvalue weighted by Gasteiger charge is 2.45. The van der Waals surface area contributed by atoms with Gasteiger partial charge >= 0.3 is 12.1 Å². The number of methoxy groups -OCH3 is 1. The first-order chi connectivity index (χ1) is 19.0. The molecule has 1 atom stereocenters. The molecule has 0 saturated heterocycles. The standard InChI is InChI=1S/C27H21Cl2F3N2O5S/c1-4-10-39-22-17(29)11-14(12-18(22)37-3)13-19-24(35)34-21(15-6-8-16(28)9-7-15)20(25(36)38-5-2)23(27(30,31)32)33-26(34)40-19/h4,6-9,11-13,21H,1,5,10H2,2-3H3/b19-13-/t21-/m0/s1. The molecule has 0 unspecified atom stereocenters. The fourth-order valence-corrected chi connectivity index (χ4v) is 5.46. The first kappa shape index (κ1) is 29.4. The zero-order valence-corrected chi connectivity index (χ0v) is 23.4. The molecule has 1 aliphatic heterocycles. The number of benzene rings is 2. The quantitative estimate of drug-likeness (QED) is 0.257. The van der Waals surface area contributed by atoms with Crippen molar-refractivity contribution in [2.45, 2.75) is 19.1 Å². The lowest BCUT2D eigenvalue weighted by Gasteiger charge is -2.26. The normalized spacial score (nSPS) is 15.4. The number of esters is 1. The van der Waals surface area contributed by atoms with Gasteiger partial charge in [-0.2, -0.15) is 13.2 Å². The zero-order chi connectivity index (χ0) is 29.2. The van der Waals surface area contributed by atoms with Crippen LogP contribution in [-0.4, -0.2) is 37.0 Å². The van der Waals surface area contributed by atoms with Crippen molar-refractivity contribution < 1.29 is 32.2 Å². The third-order valence-corrected chi connectivity index (χ3v) is 7.19. The van der Waals surface area contributed by atoms with E-state index in [1.807, 2.05) is 0 Å².